The largest absolute Gasteiger partial charge is 0.486 e. The smallest absolute Gasteiger partial charge is 0.240 e. The van der Waals surface area contributed by atoms with Crippen LogP contribution in [0.2, 0.25) is 0 Å². The van der Waals surface area contributed by atoms with E-state index in [2.05, 4.69) is 10.0 Å². The molecule has 0 aliphatic carbocycles. The minimum Gasteiger partial charge on any atom is -0.486 e. The van der Waals surface area contributed by atoms with E-state index in [0.717, 1.165) is 12.1 Å². The minimum absolute atomic E-state index is 0.0388. The van der Waals surface area contributed by atoms with Gasteiger partial charge in [0.2, 0.25) is 15.9 Å². The topological polar surface area (TPSA) is 93.7 Å². The van der Waals surface area contributed by atoms with Gasteiger partial charge in [0.25, 0.3) is 0 Å². The normalized spacial score (nSPS) is 13.1. The van der Waals surface area contributed by atoms with Crippen molar-refractivity contribution in [2.75, 3.05) is 25.1 Å². The molecule has 0 spiro atoms. The van der Waals surface area contributed by atoms with Gasteiger partial charge in [0.05, 0.1) is 4.90 Å². The van der Waals surface area contributed by atoms with Crippen LogP contribution in [0.1, 0.15) is 25.7 Å². The maximum Gasteiger partial charge on any atom is 0.240 e. The van der Waals surface area contributed by atoms with E-state index >= 15 is 0 Å². The molecule has 2 aromatic carbocycles. The summed E-state index contributed by atoms with van der Waals surface area (Å²) in [6.45, 7) is 1.18. The molecule has 150 valence electrons. The number of carbonyl (C=O) groups excluding carboxylic acids is 1. The fourth-order valence-corrected chi connectivity index (χ4v) is 3.90. The summed E-state index contributed by atoms with van der Waals surface area (Å²) in [5.41, 5.74) is 0.777. The molecule has 0 saturated carbocycles. The van der Waals surface area contributed by atoms with Crippen molar-refractivity contribution in [3.05, 3.63) is 48.5 Å². The van der Waals surface area contributed by atoms with E-state index < -0.39 is 10.0 Å². The first-order valence-corrected chi connectivity index (χ1v) is 10.8. The molecule has 28 heavy (non-hydrogen) atoms. The van der Waals surface area contributed by atoms with Gasteiger partial charge in [-0.25, -0.2) is 13.1 Å². The highest BCUT2D eigenvalue weighted by Crippen LogP contribution is 2.32. The highest BCUT2D eigenvalue weighted by molar-refractivity contribution is 7.89. The predicted octanol–water partition coefficient (Wildman–Crippen LogP) is 2.94. The van der Waals surface area contributed by atoms with Gasteiger partial charge in [-0.2, -0.15) is 0 Å². The van der Waals surface area contributed by atoms with Crippen molar-refractivity contribution >= 4 is 21.6 Å². The van der Waals surface area contributed by atoms with Gasteiger partial charge in [-0.05, 0) is 37.1 Å². The Balaban J connectivity index is 1.37. The Labute approximate surface area is 165 Å². The van der Waals surface area contributed by atoms with Crippen LogP contribution in [0.25, 0.3) is 0 Å². The first-order chi connectivity index (χ1) is 13.5. The lowest BCUT2D eigenvalue weighted by Crippen LogP contribution is -2.25. The third-order valence-corrected chi connectivity index (χ3v) is 5.71. The highest BCUT2D eigenvalue weighted by atomic mass is 32.2. The van der Waals surface area contributed by atoms with Crippen molar-refractivity contribution in [1.82, 2.24) is 4.72 Å². The third kappa shape index (κ3) is 5.71. The number of carbonyl (C=O) groups is 1. The average molecular weight is 404 g/mol. The maximum absolute atomic E-state index is 12.4. The zero-order valence-electron chi connectivity index (χ0n) is 15.5. The van der Waals surface area contributed by atoms with Crippen molar-refractivity contribution in [2.24, 2.45) is 0 Å². The zero-order valence-corrected chi connectivity index (χ0v) is 16.3. The third-order valence-electron chi connectivity index (χ3n) is 4.25. The van der Waals surface area contributed by atoms with Crippen molar-refractivity contribution in [3.8, 4) is 11.5 Å². The molecular formula is C20H24N2O5S. The van der Waals surface area contributed by atoms with Gasteiger partial charge >= 0.3 is 0 Å². The Morgan fingerprint density at radius 1 is 0.929 bits per heavy atom. The molecule has 1 aliphatic heterocycles. The number of fused-ring (bicyclic) bond motifs is 1. The van der Waals surface area contributed by atoms with E-state index in [-0.39, 0.29) is 10.8 Å². The van der Waals surface area contributed by atoms with Crippen LogP contribution >= 0.6 is 0 Å². The minimum atomic E-state index is -3.60. The summed E-state index contributed by atoms with van der Waals surface area (Å²) >= 11 is 0. The Kier molecular flexibility index (Phi) is 6.89. The summed E-state index contributed by atoms with van der Waals surface area (Å²) in [7, 11) is -3.60. The Morgan fingerprint density at radius 2 is 1.68 bits per heavy atom. The van der Waals surface area contributed by atoms with Crippen LogP contribution in [0.4, 0.5) is 5.69 Å². The molecule has 0 unspecified atom stereocenters. The standard InChI is InChI=1S/C20H24N2O5S/c23-20(22-16-7-3-1-4-8-16)9-5-2-6-12-21-28(24,25)17-10-11-18-19(15-17)27-14-13-26-18/h1,3-4,7-8,10-11,15,21H,2,5-6,9,12-14H2,(H,22,23). The summed E-state index contributed by atoms with van der Waals surface area (Å²) in [4.78, 5) is 12.0. The zero-order chi connectivity index (χ0) is 19.8. The van der Waals surface area contributed by atoms with Gasteiger partial charge < -0.3 is 14.8 Å². The number of hydrogen-bond acceptors (Lipinski definition) is 5. The number of unbranched alkanes of at least 4 members (excludes halogenated alkanes) is 2. The van der Waals surface area contributed by atoms with E-state index in [1.54, 1.807) is 6.07 Å². The number of sulfonamides is 1. The number of nitrogens with one attached hydrogen (secondary N) is 2. The van der Waals surface area contributed by atoms with Crippen LogP contribution in [0.3, 0.4) is 0 Å². The molecule has 2 N–H and O–H groups in total. The lowest BCUT2D eigenvalue weighted by molar-refractivity contribution is -0.116. The van der Waals surface area contributed by atoms with E-state index in [4.69, 9.17) is 9.47 Å². The lowest BCUT2D eigenvalue weighted by atomic mass is 10.2. The fourth-order valence-electron chi connectivity index (χ4n) is 2.81. The number of rotatable bonds is 9. The van der Waals surface area contributed by atoms with Gasteiger partial charge in [0.15, 0.2) is 11.5 Å². The molecule has 3 rings (SSSR count). The van der Waals surface area contributed by atoms with Crippen LogP contribution in [0, 0.1) is 0 Å². The van der Waals surface area contributed by atoms with Crippen LogP contribution in [-0.4, -0.2) is 34.1 Å². The van der Waals surface area contributed by atoms with E-state index in [1.165, 1.54) is 12.1 Å². The second kappa shape index (κ2) is 9.57. The van der Waals surface area contributed by atoms with Gasteiger partial charge in [-0.3, -0.25) is 4.79 Å². The van der Waals surface area contributed by atoms with Crippen molar-refractivity contribution < 1.29 is 22.7 Å². The molecule has 7 nitrogen and oxygen atoms in total. The highest BCUT2D eigenvalue weighted by Gasteiger charge is 2.18. The Morgan fingerprint density at radius 3 is 2.46 bits per heavy atom. The maximum atomic E-state index is 12.4. The number of amides is 1. The van der Waals surface area contributed by atoms with Crippen LogP contribution < -0.4 is 19.5 Å². The Bertz CT molecular complexity index is 900. The van der Waals surface area contributed by atoms with Gasteiger partial charge in [0, 0.05) is 24.7 Å². The van der Waals surface area contributed by atoms with Crippen LogP contribution in [-0.2, 0) is 14.8 Å². The van der Waals surface area contributed by atoms with Gasteiger partial charge in [-0.1, -0.05) is 24.6 Å². The first kappa shape index (κ1) is 20.2. The molecule has 0 aromatic heterocycles. The van der Waals surface area contributed by atoms with Crippen molar-refractivity contribution in [2.45, 2.75) is 30.6 Å². The second-order valence-corrected chi connectivity index (χ2v) is 8.20. The molecular weight excluding hydrogens is 380 g/mol. The molecule has 0 bridgehead atoms. The molecule has 1 heterocycles. The summed E-state index contributed by atoms with van der Waals surface area (Å²) < 4.78 is 38.2. The summed E-state index contributed by atoms with van der Waals surface area (Å²) in [6.07, 6.45) is 2.52. The van der Waals surface area contributed by atoms with E-state index in [9.17, 15) is 13.2 Å². The molecule has 0 saturated heterocycles. The van der Waals surface area contributed by atoms with E-state index in [0.29, 0.717) is 50.5 Å². The average Bonchev–Trinajstić information content (AvgIpc) is 2.71. The van der Waals surface area contributed by atoms with Gasteiger partial charge in [0.1, 0.15) is 13.2 Å². The predicted molar refractivity (Wildman–Crippen MR) is 106 cm³/mol. The Hall–Kier alpha value is -2.58. The first-order valence-electron chi connectivity index (χ1n) is 9.29. The van der Waals surface area contributed by atoms with Crippen LogP contribution in [0.5, 0.6) is 11.5 Å². The van der Waals surface area contributed by atoms with Crippen LogP contribution in [0.15, 0.2) is 53.4 Å². The number of ether oxygens (including phenoxy) is 2. The molecule has 1 aliphatic rings. The summed E-state index contributed by atoms with van der Waals surface area (Å²) in [5.74, 6) is 0.959. The van der Waals surface area contributed by atoms with E-state index in [1.807, 2.05) is 30.3 Å². The summed E-state index contributed by atoms with van der Waals surface area (Å²) in [5, 5.41) is 2.83. The number of anilines is 1. The van der Waals surface area contributed by atoms with Gasteiger partial charge in [-0.15, -0.1) is 0 Å². The molecule has 0 atom stereocenters. The quantitative estimate of drug-likeness (QED) is 0.627. The molecule has 0 radical (unpaired) electrons. The summed E-state index contributed by atoms with van der Waals surface area (Å²) in [6, 6.07) is 13.9. The second-order valence-electron chi connectivity index (χ2n) is 6.43. The monoisotopic (exact) mass is 404 g/mol. The number of para-hydroxylation sites is 1. The lowest BCUT2D eigenvalue weighted by Gasteiger charge is -2.18. The van der Waals surface area contributed by atoms with Crippen molar-refractivity contribution in [1.29, 1.82) is 0 Å². The molecule has 2 aromatic rings. The fraction of sp³-hybridized carbons (Fsp3) is 0.350. The SMILES string of the molecule is O=C(CCCCCNS(=O)(=O)c1ccc2c(c1)OCCO2)Nc1ccccc1. The number of hydrogen-bond donors (Lipinski definition) is 2. The molecule has 0 fully saturated rings. The number of benzene rings is 2. The van der Waals surface area contributed by atoms with Crippen molar-refractivity contribution in [3.63, 3.8) is 0 Å². The molecule has 1 amide bonds. The molecule has 8 heteroatoms.